The van der Waals surface area contributed by atoms with Gasteiger partial charge in [-0.2, -0.15) is 5.10 Å². The first-order valence-corrected chi connectivity index (χ1v) is 7.53. The van der Waals surface area contributed by atoms with Gasteiger partial charge in [0, 0.05) is 18.8 Å². The molecule has 8 heteroatoms. The van der Waals surface area contributed by atoms with Crippen LogP contribution in [-0.2, 0) is 13.1 Å². The quantitative estimate of drug-likeness (QED) is 0.779. The van der Waals surface area contributed by atoms with Gasteiger partial charge in [0.2, 0.25) is 0 Å². The highest BCUT2D eigenvalue weighted by Crippen LogP contribution is 2.16. The highest BCUT2D eigenvalue weighted by Gasteiger charge is 2.19. The van der Waals surface area contributed by atoms with Crippen molar-refractivity contribution in [3.63, 3.8) is 0 Å². The lowest BCUT2D eigenvalue weighted by Gasteiger charge is -2.02. The molecule has 2 aromatic heterocycles. The van der Waals surface area contributed by atoms with E-state index in [0.717, 1.165) is 12.1 Å². The maximum absolute atomic E-state index is 12.2. The molecule has 0 atom stereocenters. The Morgan fingerprint density at radius 3 is 2.74 bits per heavy atom. The molecule has 0 saturated carbocycles. The molecule has 0 fully saturated rings. The van der Waals surface area contributed by atoms with Crippen LogP contribution in [0.5, 0.6) is 0 Å². The van der Waals surface area contributed by atoms with Crippen LogP contribution >= 0.6 is 11.6 Å². The van der Waals surface area contributed by atoms with Gasteiger partial charge >= 0.3 is 0 Å². The van der Waals surface area contributed by atoms with Gasteiger partial charge in [-0.3, -0.25) is 9.48 Å². The minimum absolute atomic E-state index is 0.0775. The summed E-state index contributed by atoms with van der Waals surface area (Å²) in [5.74, 6) is 0.0150. The first-order chi connectivity index (χ1) is 11.2. The average Bonchev–Trinajstić information content (AvgIpc) is 3.16. The number of hydrogen-bond donors (Lipinski definition) is 1. The van der Waals surface area contributed by atoms with E-state index in [1.54, 1.807) is 16.9 Å². The van der Waals surface area contributed by atoms with Crippen LogP contribution in [0.15, 0.2) is 42.6 Å². The third-order valence-corrected chi connectivity index (χ3v) is 3.65. The number of nitrogens with zero attached hydrogens (tertiary/aromatic N) is 5. The molecule has 118 valence electrons. The number of benzene rings is 1. The molecule has 0 saturated heterocycles. The van der Waals surface area contributed by atoms with Crippen molar-refractivity contribution < 1.29 is 4.79 Å². The van der Waals surface area contributed by atoms with Gasteiger partial charge in [0.15, 0.2) is 16.7 Å². The standard InChI is InChI=1S/C15H15ClN6O/c1-2-21-9-8-12(19-21)17-15(23)13-14(16)22(20-18-13)10-11-6-4-3-5-7-11/h3-9H,2,10H2,1H3,(H,17,19,23). The first-order valence-electron chi connectivity index (χ1n) is 7.15. The Morgan fingerprint density at radius 1 is 1.26 bits per heavy atom. The van der Waals surface area contributed by atoms with E-state index in [2.05, 4.69) is 20.7 Å². The summed E-state index contributed by atoms with van der Waals surface area (Å²) < 4.78 is 3.19. The van der Waals surface area contributed by atoms with Crippen molar-refractivity contribution in [2.75, 3.05) is 5.32 Å². The molecule has 0 aliphatic heterocycles. The fourth-order valence-electron chi connectivity index (χ4n) is 2.08. The largest absolute Gasteiger partial charge is 0.304 e. The SMILES string of the molecule is CCn1ccc(NC(=O)c2nnn(Cc3ccccc3)c2Cl)n1. The fraction of sp³-hybridized carbons (Fsp3) is 0.200. The fourth-order valence-corrected chi connectivity index (χ4v) is 2.30. The lowest BCUT2D eigenvalue weighted by Crippen LogP contribution is -2.14. The summed E-state index contributed by atoms with van der Waals surface area (Å²) in [6.45, 7) is 3.14. The van der Waals surface area contributed by atoms with Crippen LogP contribution in [-0.4, -0.2) is 30.7 Å². The molecule has 1 N–H and O–H groups in total. The number of aromatic nitrogens is 5. The Morgan fingerprint density at radius 2 is 2.04 bits per heavy atom. The van der Waals surface area contributed by atoms with Gasteiger partial charge < -0.3 is 5.32 Å². The van der Waals surface area contributed by atoms with E-state index < -0.39 is 5.91 Å². The second-order valence-corrected chi connectivity index (χ2v) is 5.24. The lowest BCUT2D eigenvalue weighted by atomic mass is 10.2. The van der Waals surface area contributed by atoms with Crippen molar-refractivity contribution in [1.82, 2.24) is 24.8 Å². The zero-order valence-electron chi connectivity index (χ0n) is 12.5. The molecule has 0 bridgehead atoms. The molecule has 1 amide bonds. The molecule has 0 aliphatic rings. The minimum Gasteiger partial charge on any atom is -0.304 e. The van der Waals surface area contributed by atoms with E-state index in [1.807, 2.05) is 37.3 Å². The summed E-state index contributed by atoms with van der Waals surface area (Å²) in [4.78, 5) is 12.2. The number of aryl methyl sites for hydroxylation is 1. The summed E-state index contributed by atoms with van der Waals surface area (Å²) in [5, 5.41) is 14.9. The zero-order valence-corrected chi connectivity index (χ0v) is 13.2. The first kappa shape index (κ1) is 15.2. The van der Waals surface area contributed by atoms with Crippen LogP contribution in [0.3, 0.4) is 0 Å². The van der Waals surface area contributed by atoms with Crippen LogP contribution in [0.25, 0.3) is 0 Å². The Hall–Kier alpha value is -2.67. The van der Waals surface area contributed by atoms with E-state index in [1.165, 1.54) is 4.68 Å². The molecule has 3 rings (SSSR count). The third kappa shape index (κ3) is 3.40. The van der Waals surface area contributed by atoms with Crippen molar-refractivity contribution in [2.24, 2.45) is 0 Å². The molecule has 3 aromatic rings. The predicted molar refractivity (Wildman–Crippen MR) is 86.4 cm³/mol. The molecule has 2 heterocycles. The second kappa shape index (κ2) is 6.62. The van der Waals surface area contributed by atoms with Crippen molar-refractivity contribution in [2.45, 2.75) is 20.0 Å². The second-order valence-electron chi connectivity index (χ2n) is 4.88. The molecule has 0 unspecified atom stereocenters. The van der Waals surface area contributed by atoms with E-state index in [-0.39, 0.29) is 10.8 Å². The third-order valence-electron chi connectivity index (χ3n) is 3.27. The minimum atomic E-state index is -0.435. The highest BCUT2D eigenvalue weighted by molar-refractivity contribution is 6.33. The van der Waals surface area contributed by atoms with Crippen LogP contribution in [0.1, 0.15) is 23.0 Å². The van der Waals surface area contributed by atoms with E-state index in [0.29, 0.717) is 12.4 Å². The average molecular weight is 331 g/mol. The normalized spacial score (nSPS) is 10.7. The summed E-state index contributed by atoms with van der Waals surface area (Å²) in [6.07, 6.45) is 1.78. The van der Waals surface area contributed by atoms with Gasteiger partial charge in [-0.15, -0.1) is 5.10 Å². The maximum Gasteiger partial charge on any atom is 0.280 e. The van der Waals surface area contributed by atoms with Gasteiger partial charge in [-0.05, 0) is 12.5 Å². The molecule has 0 radical (unpaired) electrons. The number of rotatable bonds is 5. The Bertz CT molecular complexity index is 810. The van der Waals surface area contributed by atoms with E-state index in [4.69, 9.17) is 11.6 Å². The molecule has 23 heavy (non-hydrogen) atoms. The van der Waals surface area contributed by atoms with Crippen LogP contribution < -0.4 is 5.32 Å². The monoisotopic (exact) mass is 330 g/mol. The van der Waals surface area contributed by atoms with Crippen molar-refractivity contribution in [3.05, 3.63) is 59.0 Å². The van der Waals surface area contributed by atoms with E-state index >= 15 is 0 Å². The summed E-state index contributed by atoms with van der Waals surface area (Å²) in [5.41, 5.74) is 1.10. The lowest BCUT2D eigenvalue weighted by molar-refractivity contribution is 0.102. The van der Waals surface area contributed by atoms with Gasteiger partial charge in [0.25, 0.3) is 5.91 Å². The van der Waals surface area contributed by atoms with E-state index in [9.17, 15) is 4.79 Å². The summed E-state index contributed by atoms with van der Waals surface area (Å²) in [7, 11) is 0. The van der Waals surface area contributed by atoms with Gasteiger partial charge in [0.1, 0.15) is 0 Å². The van der Waals surface area contributed by atoms with Crippen LogP contribution in [0.2, 0.25) is 5.15 Å². The van der Waals surface area contributed by atoms with Crippen LogP contribution in [0.4, 0.5) is 5.82 Å². The molecule has 7 nitrogen and oxygen atoms in total. The predicted octanol–water partition coefficient (Wildman–Crippen LogP) is 2.45. The smallest absolute Gasteiger partial charge is 0.280 e. The van der Waals surface area contributed by atoms with Crippen molar-refractivity contribution in [1.29, 1.82) is 0 Å². The molecule has 1 aromatic carbocycles. The van der Waals surface area contributed by atoms with Crippen molar-refractivity contribution >= 4 is 23.3 Å². The number of halogens is 1. The molecular weight excluding hydrogens is 316 g/mol. The number of carbonyl (C=O) groups excluding carboxylic acids is 1. The van der Waals surface area contributed by atoms with Gasteiger partial charge in [-0.25, -0.2) is 4.68 Å². The van der Waals surface area contributed by atoms with Crippen LogP contribution in [0, 0.1) is 0 Å². The number of hydrogen-bond acceptors (Lipinski definition) is 4. The zero-order chi connectivity index (χ0) is 16.2. The summed E-state index contributed by atoms with van der Waals surface area (Å²) >= 11 is 6.22. The number of amides is 1. The highest BCUT2D eigenvalue weighted by atomic mass is 35.5. The molecule has 0 spiro atoms. The topological polar surface area (TPSA) is 77.6 Å². The molecular formula is C15H15ClN6O. The Labute approximate surface area is 137 Å². The number of nitrogens with one attached hydrogen (secondary N) is 1. The Kier molecular flexibility index (Phi) is 4.38. The van der Waals surface area contributed by atoms with Crippen molar-refractivity contribution in [3.8, 4) is 0 Å². The number of carbonyl (C=O) groups is 1. The van der Waals surface area contributed by atoms with Gasteiger partial charge in [0.05, 0.1) is 6.54 Å². The van der Waals surface area contributed by atoms with Gasteiger partial charge in [-0.1, -0.05) is 47.1 Å². The Balaban J connectivity index is 1.74. The number of anilines is 1. The maximum atomic E-state index is 12.2. The summed E-state index contributed by atoms with van der Waals surface area (Å²) in [6, 6.07) is 11.4. The molecule has 0 aliphatic carbocycles.